The average Bonchev–Trinajstić information content (AvgIpc) is 3.02. The van der Waals surface area contributed by atoms with Gasteiger partial charge in [0, 0.05) is 23.7 Å². The topological polar surface area (TPSA) is 70.6 Å². The Kier molecular flexibility index (Phi) is 3.28. The molecular formula is C12H16FN3O. The molecule has 1 saturated carbocycles. The molecule has 0 bridgehead atoms. The van der Waals surface area contributed by atoms with Gasteiger partial charge in [0.05, 0.1) is 0 Å². The Hall–Kier alpha value is -1.62. The van der Waals surface area contributed by atoms with Gasteiger partial charge in [0.2, 0.25) is 0 Å². The van der Waals surface area contributed by atoms with Crippen molar-refractivity contribution < 1.29 is 9.60 Å². The lowest BCUT2D eigenvalue weighted by Gasteiger charge is -2.06. The molecule has 0 amide bonds. The van der Waals surface area contributed by atoms with Gasteiger partial charge in [-0.25, -0.2) is 4.39 Å². The molecule has 1 aromatic rings. The van der Waals surface area contributed by atoms with Crippen LogP contribution in [0.1, 0.15) is 24.5 Å². The van der Waals surface area contributed by atoms with Crippen LogP contribution in [-0.4, -0.2) is 17.1 Å². The molecule has 2 atom stereocenters. The third-order valence-electron chi connectivity index (χ3n) is 3.12. The third kappa shape index (κ3) is 2.74. The molecule has 17 heavy (non-hydrogen) atoms. The molecule has 0 saturated heterocycles. The van der Waals surface area contributed by atoms with Crippen molar-refractivity contribution in [3.8, 4) is 0 Å². The number of oxime groups is 1. The maximum atomic E-state index is 13.7. The summed E-state index contributed by atoms with van der Waals surface area (Å²) < 4.78 is 13.7. The predicted octanol–water partition coefficient (Wildman–Crippen LogP) is 1.42. The molecular weight excluding hydrogens is 221 g/mol. The second-order valence-electron chi connectivity index (χ2n) is 4.49. The van der Waals surface area contributed by atoms with E-state index in [4.69, 9.17) is 10.9 Å². The summed E-state index contributed by atoms with van der Waals surface area (Å²) in [7, 11) is 0. The van der Waals surface area contributed by atoms with E-state index in [1.807, 2.05) is 0 Å². The van der Waals surface area contributed by atoms with Gasteiger partial charge in [-0.3, -0.25) is 0 Å². The quantitative estimate of drug-likeness (QED) is 0.321. The average molecular weight is 237 g/mol. The lowest BCUT2D eigenvalue weighted by Crippen LogP contribution is -2.19. The number of amidine groups is 1. The summed E-state index contributed by atoms with van der Waals surface area (Å²) >= 11 is 0. The van der Waals surface area contributed by atoms with Gasteiger partial charge in [0.1, 0.15) is 5.82 Å². The van der Waals surface area contributed by atoms with Crippen LogP contribution in [0.25, 0.3) is 0 Å². The molecule has 0 aromatic heterocycles. The van der Waals surface area contributed by atoms with E-state index in [1.54, 1.807) is 12.1 Å². The number of halogens is 1. The molecule has 0 radical (unpaired) electrons. The van der Waals surface area contributed by atoms with Crippen molar-refractivity contribution in [1.29, 1.82) is 0 Å². The Morgan fingerprint density at radius 2 is 2.35 bits per heavy atom. The maximum Gasteiger partial charge on any atom is 0.170 e. The van der Waals surface area contributed by atoms with Crippen LogP contribution in [0.15, 0.2) is 23.4 Å². The van der Waals surface area contributed by atoms with Gasteiger partial charge < -0.3 is 16.3 Å². The Labute approximate surface area is 99.3 Å². The first kappa shape index (κ1) is 11.9. The van der Waals surface area contributed by atoms with Crippen LogP contribution in [0.3, 0.4) is 0 Å². The van der Waals surface area contributed by atoms with Crippen LogP contribution in [0, 0.1) is 11.7 Å². The van der Waals surface area contributed by atoms with E-state index in [1.165, 1.54) is 6.07 Å². The van der Waals surface area contributed by atoms with Gasteiger partial charge in [-0.1, -0.05) is 24.2 Å². The molecule has 4 nitrogen and oxygen atoms in total. The third-order valence-corrected chi connectivity index (χ3v) is 3.12. The SMILES string of the molecule is CC1CC1NCc1ccc(C(N)=NO)cc1F. The van der Waals surface area contributed by atoms with Crippen molar-refractivity contribution in [3.63, 3.8) is 0 Å². The van der Waals surface area contributed by atoms with Crippen molar-refractivity contribution in [1.82, 2.24) is 5.32 Å². The summed E-state index contributed by atoms with van der Waals surface area (Å²) in [6.45, 7) is 2.67. The lowest BCUT2D eigenvalue weighted by atomic mass is 10.1. The molecule has 0 spiro atoms. The highest BCUT2D eigenvalue weighted by Gasteiger charge is 2.31. The van der Waals surface area contributed by atoms with E-state index in [9.17, 15) is 4.39 Å². The minimum atomic E-state index is -0.338. The summed E-state index contributed by atoms with van der Waals surface area (Å²) in [4.78, 5) is 0. The fourth-order valence-corrected chi connectivity index (χ4v) is 1.76. The Balaban J connectivity index is 2.03. The molecule has 92 valence electrons. The second-order valence-corrected chi connectivity index (χ2v) is 4.49. The van der Waals surface area contributed by atoms with Crippen molar-refractivity contribution >= 4 is 5.84 Å². The molecule has 5 heteroatoms. The molecule has 4 N–H and O–H groups in total. The van der Waals surface area contributed by atoms with Gasteiger partial charge in [0.25, 0.3) is 0 Å². The van der Waals surface area contributed by atoms with Gasteiger partial charge in [-0.15, -0.1) is 0 Å². The molecule has 1 aliphatic rings. The van der Waals surface area contributed by atoms with Crippen LogP contribution in [-0.2, 0) is 6.54 Å². The van der Waals surface area contributed by atoms with E-state index < -0.39 is 0 Å². The second kappa shape index (κ2) is 4.71. The largest absolute Gasteiger partial charge is 0.409 e. The first-order valence-corrected chi connectivity index (χ1v) is 5.61. The van der Waals surface area contributed by atoms with Gasteiger partial charge in [-0.05, 0) is 18.4 Å². The van der Waals surface area contributed by atoms with Crippen molar-refractivity contribution in [2.75, 3.05) is 0 Å². The van der Waals surface area contributed by atoms with Crippen LogP contribution in [0.4, 0.5) is 4.39 Å². The number of rotatable bonds is 4. The van der Waals surface area contributed by atoms with Crippen LogP contribution >= 0.6 is 0 Å². The number of nitrogens with two attached hydrogens (primary N) is 1. The normalized spacial score (nSPS) is 23.8. The number of hydrogen-bond donors (Lipinski definition) is 3. The molecule has 0 aliphatic heterocycles. The molecule has 1 aliphatic carbocycles. The van der Waals surface area contributed by atoms with Crippen molar-refractivity contribution in [3.05, 3.63) is 35.1 Å². The van der Waals surface area contributed by atoms with E-state index in [0.717, 1.165) is 6.42 Å². The summed E-state index contributed by atoms with van der Waals surface area (Å²) in [5.74, 6) is 0.267. The summed E-state index contributed by atoms with van der Waals surface area (Å²) in [6.07, 6.45) is 1.16. The molecule has 1 fully saturated rings. The molecule has 2 unspecified atom stereocenters. The zero-order valence-corrected chi connectivity index (χ0v) is 9.65. The standard InChI is InChI=1S/C12H16FN3O/c1-7-4-11(7)15-6-9-3-2-8(5-10(9)13)12(14)16-17/h2-3,5,7,11,15,17H,4,6H2,1H3,(H2,14,16). The smallest absolute Gasteiger partial charge is 0.170 e. The maximum absolute atomic E-state index is 13.7. The summed E-state index contributed by atoms with van der Waals surface area (Å²) in [5.41, 5.74) is 6.36. The van der Waals surface area contributed by atoms with E-state index in [2.05, 4.69) is 17.4 Å². The summed E-state index contributed by atoms with van der Waals surface area (Å²) in [6, 6.07) is 5.09. The minimum absolute atomic E-state index is 0.0841. The monoisotopic (exact) mass is 237 g/mol. The van der Waals surface area contributed by atoms with E-state index in [-0.39, 0.29) is 11.7 Å². The molecule has 1 aromatic carbocycles. The van der Waals surface area contributed by atoms with Gasteiger partial charge in [-0.2, -0.15) is 0 Å². The predicted molar refractivity (Wildman–Crippen MR) is 63.3 cm³/mol. The molecule has 0 heterocycles. The van der Waals surface area contributed by atoms with Crippen LogP contribution in [0.2, 0.25) is 0 Å². The highest BCUT2D eigenvalue weighted by molar-refractivity contribution is 5.97. The van der Waals surface area contributed by atoms with Gasteiger partial charge >= 0.3 is 0 Å². The Morgan fingerprint density at radius 3 is 2.88 bits per heavy atom. The fraction of sp³-hybridized carbons (Fsp3) is 0.417. The minimum Gasteiger partial charge on any atom is -0.409 e. The Morgan fingerprint density at radius 1 is 1.65 bits per heavy atom. The fourth-order valence-electron chi connectivity index (χ4n) is 1.76. The highest BCUT2D eigenvalue weighted by Crippen LogP contribution is 2.29. The highest BCUT2D eigenvalue weighted by atomic mass is 19.1. The number of nitrogens with zero attached hydrogens (tertiary/aromatic N) is 1. The summed E-state index contributed by atoms with van der Waals surface area (Å²) in [5, 5.41) is 14.6. The molecule has 2 rings (SSSR count). The van der Waals surface area contributed by atoms with Crippen molar-refractivity contribution in [2.24, 2.45) is 16.8 Å². The number of nitrogens with one attached hydrogen (secondary N) is 1. The zero-order valence-electron chi connectivity index (χ0n) is 9.65. The lowest BCUT2D eigenvalue weighted by molar-refractivity contribution is 0.318. The first-order chi connectivity index (χ1) is 8.11. The van der Waals surface area contributed by atoms with Crippen LogP contribution < -0.4 is 11.1 Å². The van der Waals surface area contributed by atoms with E-state index in [0.29, 0.717) is 29.6 Å². The zero-order chi connectivity index (χ0) is 12.4. The van der Waals surface area contributed by atoms with Crippen LogP contribution in [0.5, 0.6) is 0 Å². The van der Waals surface area contributed by atoms with Gasteiger partial charge in [0.15, 0.2) is 5.84 Å². The Bertz CT molecular complexity index is 447. The van der Waals surface area contributed by atoms with Crippen molar-refractivity contribution in [2.45, 2.75) is 25.9 Å². The number of hydrogen-bond acceptors (Lipinski definition) is 3. The first-order valence-electron chi connectivity index (χ1n) is 5.61. The number of benzene rings is 1. The van der Waals surface area contributed by atoms with E-state index >= 15 is 0 Å².